The third kappa shape index (κ3) is 3.76. The van der Waals surface area contributed by atoms with Crippen LogP contribution in [0.4, 0.5) is 15.8 Å². The predicted molar refractivity (Wildman–Crippen MR) is 113 cm³/mol. The van der Waals surface area contributed by atoms with Gasteiger partial charge in [-0.2, -0.15) is 0 Å². The summed E-state index contributed by atoms with van der Waals surface area (Å²) in [5, 5.41) is 2.76. The summed E-state index contributed by atoms with van der Waals surface area (Å²) in [7, 11) is 0. The van der Waals surface area contributed by atoms with Crippen molar-refractivity contribution < 1.29 is 14.0 Å². The van der Waals surface area contributed by atoms with Gasteiger partial charge in [0.2, 0.25) is 0 Å². The Morgan fingerprint density at radius 1 is 1.03 bits per heavy atom. The van der Waals surface area contributed by atoms with E-state index in [1.807, 2.05) is 43.3 Å². The van der Waals surface area contributed by atoms with E-state index in [4.69, 9.17) is 0 Å². The van der Waals surface area contributed by atoms with Gasteiger partial charge in [-0.15, -0.1) is 0 Å². The number of hydrogen-bond donors (Lipinski definition) is 1. The molecule has 6 heteroatoms. The van der Waals surface area contributed by atoms with Crippen LogP contribution in [0.15, 0.2) is 76.5 Å². The number of benzene rings is 3. The monoisotopic (exact) mass is 406 g/mol. The van der Waals surface area contributed by atoms with E-state index in [9.17, 15) is 14.0 Å². The molecule has 0 aliphatic carbocycles. The molecule has 146 valence electrons. The van der Waals surface area contributed by atoms with Gasteiger partial charge in [-0.3, -0.25) is 9.59 Å². The van der Waals surface area contributed by atoms with Crippen molar-refractivity contribution in [2.24, 2.45) is 0 Å². The van der Waals surface area contributed by atoms with Crippen LogP contribution in [0.3, 0.4) is 0 Å². The summed E-state index contributed by atoms with van der Waals surface area (Å²) in [5.41, 5.74) is 2.01. The summed E-state index contributed by atoms with van der Waals surface area (Å²) in [6.45, 7) is 2.63. The maximum atomic E-state index is 13.9. The van der Waals surface area contributed by atoms with Gasteiger partial charge in [0.05, 0.1) is 16.8 Å². The molecule has 3 aromatic carbocycles. The lowest BCUT2D eigenvalue weighted by molar-refractivity contribution is 0.0982. The van der Waals surface area contributed by atoms with E-state index in [0.717, 1.165) is 21.9 Å². The van der Waals surface area contributed by atoms with Crippen LogP contribution in [0, 0.1) is 5.82 Å². The van der Waals surface area contributed by atoms with Gasteiger partial charge in [-0.05, 0) is 48.9 Å². The Balaban J connectivity index is 1.71. The molecular weight excluding hydrogens is 387 g/mol. The highest BCUT2D eigenvalue weighted by atomic mass is 32.2. The first-order chi connectivity index (χ1) is 14.1. The number of fused-ring (bicyclic) bond motifs is 2. The largest absolute Gasteiger partial charge is 0.322 e. The van der Waals surface area contributed by atoms with Crippen LogP contribution in [0.5, 0.6) is 0 Å². The van der Waals surface area contributed by atoms with Crippen molar-refractivity contribution in [3.05, 3.63) is 83.7 Å². The standard InChI is InChI=1S/C23H19FN2O2S/c1-2-13-26-19-12-11-15(25-22(27)16-7-3-5-9-18(16)24)14-21(19)29-20-10-6-4-8-17(20)23(26)28/h3-12,14H,2,13H2,1H3,(H,25,27). The summed E-state index contributed by atoms with van der Waals surface area (Å²) < 4.78 is 13.9. The molecule has 0 bridgehead atoms. The molecule has 0 fully saturated rings. The van der Waals surface area contributed by atoms with Crippen molar-refractivity contribution in [3.8, 4) is 0 Å². The zero-order valence-electron chi connectivity index (χ0n) is 15.8. The van der Waals surface area contributed by atoms with E-state index in [1.54, 1.807) is 23.1 Å². The van der Waals surface area contributed by atoms with Gasteiger partial charge in [-0.1, -0.05) is 43.0 Å². The molecule has 4 rings (SSSR count). The molecule has 1 aliphatic heterocycles. The van der Waals surface area contributed by atoms with Gasteiger partial charge in [0.1, 0.15) is 5.82 Å². The maximum absolute atomic E-state index is 13.9. The van der Waals surface area contributed by atoms with E-state index in [-0.39, 0.29) is 11.5 Å². The Labute approximate surface area is 172 Å². The van der Waals surface area contributed by atoms with E-state index < -0.39 is 11.7 Å². The molecule has 29 heavy (non-hydrogen) atoms. The number of nitrogens with zero attached hydrogens (tertiary/aromatic N) is 1. The Bertz CT molecular complexity index is 1100. The van der Waals surface area contributed by atoms with Gasteiger partial charge in [0.25, 0.3) is 11.8 Å². The fourth-order valence-corrected chi connectivity index (χ4v) is 4.41. The predicted octanol–water partition coefficient (Wildman–Crippen LogP) is 5.60. The SMILES string of the molecule is CCCN1C(=O)c2ccccc2Sc2cc(NC(=O)c3ccccc3F)ccc21. The fraction of sp³-hybridized carbons (Fsp3) is 0.130. The molecule has 4 nitrogen and oxygen atoms in total. The number of halogens is 1. The number of carbonyl (C=O) groups is 2. The van der Waals surface area contributed by atoms with Gasteiger partial charge < -0.3 is 10.2 Å². The first-order valence-corrected chi connectivity index (χ1v) is 10.2. The van der Waals surface area contributed by atoms with E-state index >= 15 is 0 Å². The molecule has 0 aromatic heterocycles. The number of nitrogens with one attached hydrogen (secondary N) is 1. The third-order valence-electron chi connectivity index (χ3n) is 4.66. The van der Waals surface area contributed by atoms with Crippen LogP contribution in [0.25, 0.3) is 0 Å². The number of hydrogen-bond acceptors (Lipinski definition) is 3. The lowest BCUT2D eigenvalue weighted by atomic mass is 10.1. The molecule has 1 N–H and O–H groups in total. The lowest BCUT2D eigenvalue weighted by Gasteiger charge is -2.22. The smallest absolute Gasteiger partial charge is 0.259 e. The number of amides is 2. The number of rotatable bonds is 4. The first-order valence-electron chi connectivity index (χ1n) is 9.37. The Hall–Kier alpha value is -3.12. The zero-order chi connectivity index (χ0) is 20.4. The summed E-state index contributed by atoms with van der Waals surface area (Å²) in [5.74, 6) is -1.11. The number of carbonyl (C=O) groups excluding carboxylic acids is 2. The highest BCUT2D eigenvalue weighted by Gasteiger charge is 2.27. The van der Waals surface area contributed by atoms with Crippen molar-refractivity contribution in [2.75, 3.05) is 16.8 Å². The molecular formula is C23H19FN2O2S. The minimum atomic E-state index is -0.567. The molecule has 3 aromatic rings. The third-order valence-corrected chi connectivity index (χ3v) is 5.78. The van der Waals surface area contributed by atoms with Crippen LogP contribution in [0.1, 0.15) is 34.1 Å². The van der Waals surface area contributed by atoms with Crippen LogP contribution in [-0.4, -0.2) is 18.4 Å². The summed E-state index contributed by atoms with van der Waals surface area (Å²) >= 11 is 1.49. The van der Waals surface area contributed by atoms with Crippen molar-refractivity contribution in [2.45, 2.75) is 23.1 Å². The number of anilines is 2. The van der Waals surface area contributed by atoms with Crippen molar-refractivity contribution >= 4 is 35.0 Å². The van der Waals surface area contributed by atoms with Gasteiger partial charge >= 0.3 is 0 Å². The van der Waals surface area contributed by atoms with Crippen molar-refractivity contribution in [3.63, 3.8) is 0 Å². The highest BCUT2D eigenvalue weighted by Crippen LogP contribution is 2.42. The summed E-state index contributed by atoms with van der Waals surface area (Å²) in [6, 6.07) is 18.8. The van der Waals surface area contributed by atoms with Crippen LogP contribution >= 0.6 is 11.8 Å². The first kappa shape index (κ1) is 19.2. The van der Waals surface area contributed by atoms with Gasteiger partial charge in [0.15, 0.2) is 0 Å². The second kappa shape index (κ2) is 8.09. The normalized spacial score (nSPS) is 12.8. The Morgan fingerprint density at radius 3 is 2.59 bits per heavy atom. The molecule has 0 saturated carbocycles. The quantitative estimate of drug-likeness (QED) is 0.614. The van der Waals surface area contributed by atoms with E-state index in [2.05, 4.69) is 5.32 Å². The highest BCUT2D eigenvalue weighted by molar-refractivity contribution is 7.99. The molecule has 0 radical (unpaired) electrons. The van der Waals surface area contributed by atoms with Crippen LogP contribution < -0.4 is 10.2 Å². The average Bonchev–Trinajstić information content (AvgIpc) is 2.83. The molecule has 0 saturated heterocycles. The molecule has 2 amide bonds. The molecule has 1 aliphatic rings. The molecule has 0 atom stereocenters. The topological polar surface area (TPSA) is 49.4 Å². The van der Waals surface area contributed by atoms with E-state index in [0.29, 0.717) is 17.8 Å². The van der Waals surface area contributed by atoms with Crippen molar-refractivity contribution in [1.82, 2.24) is 0 Å². The van der Waals surface area contributed by atoms with Gasteiger partial charge in [-0.25, -0.2) is 4.39 Å². The average molecular weight is 406 g/mol. The maximum Gasteiger partial charge on any atom is 0.259 e. The Kier molecular flexibility index (Phi) is 5.36. The zero-order valence-corrected chi connectivity index (χ0v) is 16.6. The molecule has 0 spiro atoms. The fourth-order valence-electron chi connectivity index (χ4n) is 3.29. The Morgan fingerprint density at radius 2 is 1.79 bits per heavy atom. The second-order valence-corrected chi connectivity index (χ2v) is 7.76. The van der Waals surface area contributed by atoms with Gasteiger partial charge in [0, 0.05) is 22.0 Å². The minimum Gasteiger partial charge on any atom is -0.322 e. The lowest BCUT2D eigenvalue weighted by Crippen LogP contribution is -2.31. The van der Waals surface area contributed by atoms with Crippen LogP contribution in [-0.2, 0) is 0 Å². The second-order valence-electron chi connectivity index (χ2n) is 6.67. The van der Waals surface area contributed by atoms with Crippen LogP contribution in [0.2, 0.25) is 0 Å². The summed E-state index contributed by atoms with van der Waals surface area (Å²) in [4.78, 5) is 29.1. The summed E-state index contributed by atoms with van der Waals surface area (Å²) in [6.07, 6.45) is 0.823. The van der Waals surface area contributed by atoms with E-state index in [1.165, 1.54) is 23.9 Å². The molecule has 0 unspecified atom stereocenters. The minimum absolute atomic E-state index is 0.0109. The molecule has 1 heterocycles. The van der Waals surface area contributed by atoms with Crippen molar-refractivity contribution in [1.29, 1.82) is 0 Å².